The first-order valence-electron chi connectivity index (χ1n) is 12.6. The molecule has 5 nitrogen and oxygen atoms in total. The first-order valence-corrected chi connectivity index (χ1v) is 13.4. The lowest BCUT2D eigenvalue weighted by atomic mass is 10.1. The van der Waals surface area contributed by atoms with Gasteiger partial charge in [-0.15, -0.1) is 11.8 Å². The number of hydrogen-bond acceptors (Lipinski definition) is 4. The highest BCUT2D eigenvalue weighted by atomic mass is 32.2. The van der Waals surface area contributed by atoms with E-state index in [4.69, 9.17) is 4.74 Å². The molecule has 40 heavy (non-hydrogen) atoms. The molecule has 5 aromatic rings. The van der Waals surface area contributed by atoms with Crippen molar-refractivity contribution in [3.05, 3.63) is 150 Å². The average Bonchev–Trinajstić information content (AvgIpc) is 2.99. The monoisotopic (exact) mass is 548 g/mol. The molecule has 0 aromatic heterocycles. The highest BCUT2D eigenvalue weighted by Crippen LogP contribution is 2.37. The molecule has 0 aliphatic rings. The van der Waals surface area contributed by atoms with Crippen molar-refractivity contribution in [2.45, 2.75) is 10.1 Å². The zero-order valence-electron chi connectivity index (χ0n) is 21.3. The maximum atomic E-state index is 13.4. The van der Waals surface area contributed by atoms with Gasteiger partial charge in [-0.25, -0.2) is 4.39 Å². The van der Waals surface area contributed by atoms with Crippen LogP contribution in [0.25, 0.3) is 0 Å². The summed E-state index contributed by atoms with van der Waals surface area (Å²) in [5.41, 5.74) is 2.48. The zero-order valence-corrected chi connectivity index (χ0v) is 22.1. The van der Waals surface area contributed by atoms with Gasteiger partial charge in [-0.1, -0.05) is 48.5 Å². The van der Waals surface area contributed by atoms with Gasteiger partial charge in [-0.3, -0.25) is 9.59 Å². The minimum absolute atomic E-state index is 0.165. The molecule has 0 bridgehead atoms. The minimum atomic E-state index is -0.513. The van der Waals surface area contributed by atoms with Gasteiger partial charge < -0.3 is 15.4 Å². The van der Waals surface area contributed by atoms with E-state index in [2.05, 4.69) is 10.6 Å². The molecule has 0 saturated carbocycles. The first kappa shape index (κ1) is 26.7. The fourth-order valence-electron chi connectivity index (χ4n) is 3.90. The number of amides is 2. The van der Waals surface area contributed by atoms with Gasteiger partial charge in [-0.05, 0) is 90.5 Å². The van der Waals surface area contributed by atoms with Crippen LogP contribution in [0, 0.1) is 5.82 Å². The van der Waals surface area contributed by atoms with Crippen molar-refractivity contribution < 1.29 is 18.7 Å². The Morgan fingerprint density at radius 1 is 0.625 bits per heavy atom. The number of thioether (sulfide) groups is 1. The SMILES string of the molecule is O=C(Nc1ccc(SC(C(=O)Nc2ccc(Oc3ccccc3)cc2)c2ccccc2)cc1)c1ccc(F)cc1. The van der Waals surface area contributed by atoms with E-state index in [1.807, 2.05) is 97.1 Å². The van der Waals surface area contributed by atoms with E-state index in [1.165, 1.54) is 36.0 Å². The smallest absolute Gasteiger partial charge is 0.255 e. The topological polar surface area (TPSA) is 67.4 Å². The molecule has 0 radical (unpaired) electrons. The summed E-state index contributed by atoms with van der Waals surface area (Å²) in [7, 11) is 0. The van der Waals surface area contributed by atoms with Crippen LogP contribution >= 0.6 is 11.8 Å². The summed E-state index contributed by atoms with van der Waals surface area (Å²) in [6, 6.07) is 38.9. The van der Waals surface area contributed by atoms with Crippen LogP contribution in [0.4, 0.5) is 15.8 Å². The van der Waals surface area contributed by atoms with Gasteiger partial charge in [0.05, 0.1) is 0 Å². The maximum Gasteiger partial charge on any atom is 0.255 e. The largest absolute Gasteiger partial charge is 0.457 e. The summed E-state index contributed by atoms with van der Waals surface area (Å²) < 4.78 is 19.0. The van der Waals surface area contributed by atoms with E-state index in [0.717, 1.165) is 16.2 Å². The van der Waals surface area contributed by atoms with Crippen molar-refractivity contribution in [1.82, 2.24) is 0 Å². The number of benzene rings is 5. The number of carbonyl (C=O) groups excluding carboxylic acids is 2. The number of ether oxygens (including phenoxy) is 1. The van der Waals surface area contributed by atoms with Crippen LogP contribution in [0.2, 0.25) is 0 Å². The summed E-state index contributed by atoms with van der Waals surface area (Å²) in [5.74, 6) is 0.512. The number of para-hydroxylation sites is 1. The number of nitrogens with one attached hydrogen (secondary N) is 2. The highest BCUT2D eigenvalue weighted by Gasteiger charge is 2.22. The van der Waals surface area contributed by atoms with Gasteiger partial charge in [-0.2, -0.15) is 0 Å². The predicted molar refractivity (Wildman–Crippen MR) is 157 cm³/mol. The average molecular weight is 549 g/mol. The van der Waals surface area contributed by atoms with Crippen molar-refractivity contribution in [2.75, 3.05) is 10.6 Å². The van der Waals surface area contributed by atoms with Gasteiger partial charge in [0.15, 0.2) is 0 Å². The number of halogens is 1. The van der Waals surface area contributed by atoms with Gasteiger partial charge >= 0.3 is 0 Å². The summed E-state index contributed by atoms with van der Waals surface area (Å²) in [6.07, 6.45) is 0. The molecule has 2 N–H and O–H groups in total. The van der Waals surface area contributed by atoms with Crippen molar-refractivity contribution in [3.8, 4) is 11.5 Å². The number of carbonyl (C=O) groups is 2. The van der Waals surface area contributed by atoms with Crippen LogP contribution in [0.5, 0.6) is 11.5 Å². The first-order chi connectivity index (χ1) is 19.5. The van der Waals surface area contributed by atoms with Crippen molar-refractivity contribution in [1.29, 1.82) is 0 Å². The van der Waals surface area contributed by atoms with E-state index < -0.39 is 11.1 Å². The molecule has 0 spiro atoms. The van der Waals surface area contributed by atoms with Gasteiger partial charge in [0.1, 0.15) is 22.6 Å². The Kier molecular flexibility index (Phi) is 8.53. The van der Waals surface area contributed by atoms with Crippen LogP contribution in [-0.2, 0) is 4.79 Å². The Morgan fingerprint density at radius 2 is 1.18 bits per heavy atom. The second kappa shape index (κ2) is 12.8. The Labute approximate surface area is 236 Å². The normalized spacial score (nSPS) is 11.3. The van der Waals surface area contributed by atoms with E-state index in [1.54, 1.807) is 12.1 Å². The van der Waals surface area contributed by atoms with E-state index in [-0.39, 0.29) is 11.8 Å². The van der Waals surface area contributed by atoms with Gasteiger partial charge in [0, 0.05) is 21.8 Å². The fourth-order valence-corrected chi connectivity index (χ4v) is 4.92. The standard InChI is InChI=1S/C33H25FN2O3S/c34-25-13-11-24(12-14-25)32(37)35-27-17-21-30(22-18-27)40-31(23-7-3-1-4-8-23)33(38)36-26-15-19-29(20-16-26)39-28-9-5-2-6-10-28/h1-22,31H,(H,35,37)(H,36,38). The Balaban J connectivity index is 1.26. The number of hydrogen-bond donors (Lipinski definition) is 2. The molecule has 5 aromatic carbocycles. The molecule has 5 rings (SSSR count). The number of rotatable bonds is 9. The third kappa shape index (κ3) is 7.15. The van der Waals surface area contributed by atoms with E-state index in [0.29, 0.717) is 22.7 Å². The highest BCUT2D eigenvalue weighted by molar-refractivity contribution is 8.00. The molecule has 0 heterocycles. The van der Waals surface area contributed by atoms with E-state index >= 15 is 0 Å². The molecule has 0 fully saturated rings. The molecule has 0 aliphatic carbocycles. The van der Waals surface area contributed by atoms with Crippen LogP contribution in [0.1, 0.15) is 21.2 Å². The number of anilines is 2. The molecule has 7 heteroatoms. The molecule has 1 unspecified atom stereocenters. The Morgan fingerprint density at radius 3 is 1.82 bits per heavy atom. The second-order valence-electron chi connectivity index (χ2n) is 8.82. The molecule has 198 valence electrons. The lowest BCUT2D eigenvalue weighted by Gasteiger charge is -2.18. The summed E-state index contributed by atoms with van der Waals surface area (Å²) >= 11 is 1.41. The van der Waals surface area contributed by atoms with Gasteiger partial charge in [0.25, 0.3) is 5.91 Å². The van der Waals surface area contributed by atoms with E-state index in [9.17, 15) is 14.0 Å². The predicted octanol–water partition coefficient (Wildman–Crippen LogP) is 8.34. The van der Waals surface area contributed by atoms with Crippen LogP contribution in [0.15, 0.2) is 138 Å². The van der Waals surface area contributed by atoms with Crippen LogP contribution in [0.3, 0.4) is 0 Å². The van der Waals surface area contributed by atoms with Crippen molar-refractivity contribution in [3.63, 3.8) is 0 Å². The summed E-state index contributed by atoms with van der Waals surface area (Å²) in [6.45, 7) is 0. The lowest BCUT2D eigenvalue weighted by Crippen LogP contribution is -2.19. The molecule has 0 aliphatic heterocycles. The summed E-state index contributed by atoms with van der Waals surface area (Å²) in [5, 5.41) is 5.30. The Hall–Kier alpha value is -4.88. The molecule has 2 amide bonds. The minimum Gasteiger partial charge on any atom is -0.457 e. The zero-order chi connectivity index (χ0) is 27.7. The van der Waals surface area contributed by atoms with Crippen molar-refractivity contribution in [2.24, 2.45) is 0 Å². The molecular formula is C33H25FN2O3S. The second-order valence-corrected chi connectivity index (χ2v) is 10.0. The molecule has 1 atom stereocenters. The third-order valence-electron chi connectivity index (χ3n) is 5.91. The Bertz CT molecular complexity index is 1560. The third-order valence-corrected chi connectivity index (χ3v) is 7.18. The summed E-state index contributed by atoms with van der Waals surface area (Å²) in [4.78, 5) is 26.7. The molecule has 0 saturated heterocycles. The van der Waals surface area contributed by atoms with Crippen molar-refractivity contribution >= 4 is 35.0 Å². The van der Waals surface area contributed by atoms with Crippen LogP contribution < -0.4 is 15.4 Å². The molecular weight excluding hydrogens is 523 g/mol. The lowest BCUT2D eigenvalue weighted by molar-refractivity contribution is -0.115. The maximum absolute atomic E-state index is 13.4. The van der Waals surface area contributed by atoms with Gasteiger partial charge in [0.2, 0.25) is 5.91 Å². The quantitative estimate of drug-likeness (QED) is 0.182. The van der Waals surface area contributed by atoms with Crippen LogP contribution in [-0.4, -0.2) is 11.8 Å². The fraction of sp³-hybridized carbons (Fsp3) is 0.0303.